The molecule has 1 fully saturated rings. The third kappa shape index (κ3) is 2.85. The van der Waals surface area contributed by atoms with Gasteiger partial charge in [-0.15, -0.1) is 0 Å². The van der Waals surface area contributed by atoms with E-state index in [1.807, 2.05) is 30.3 Å². The molecule has 0 aliphatic carbocycles. The molecule has 25 heavy (non-hydrogen) atoms. The Morgan fingerprint density at radius 3 is 2.80 bits per heavy atom. The lowest BCUT2D eigenvalue weighted by atomic mass is 9.99. The van der Waals surface area contributed by atoms with Crippen molar-refractivity contribution >= 4 is 39.3 Å². The highest BCUT2D eigenvalue weighted by atomic mass is 16.2. The first-order valence-electron chi connectivity index (χ1n) is 8.49. The van der Waals surface area contributed by atoms with Crippen molar-refractivity contribution in [1.29, 1.82) is 0 Å². The van der Waals surface area contributed by atoms with E-state index in [0.29, 0.717) is 5.56 Å². The van der Waals surface area contributed by atoms with Crippen molar-refractivity contribution in [1.82, 2.24) is 10.3 Å². The summed E-state index contributed by atoms with van der Waals surface area (Å²) >= 11 is 0. The molecule has 6 nitrogen and oxygen atoms in total. The van der Waals surface area contributed by atoms with Gasteiger partial charge in [-0.3, -0.25) is 9.59 Å². The van der Waals surface area contributed by atoms with E-state index in [9.17, 15) is 9.59 Å². The summed E-state index contributed by atoms with van der Waals surface area (Å²) < 4.78 is 0. The maximum absolute atomic E-state index is 12.4. The summed E-state index contributed by atoms with van der Waals surface area (Å²) in [7, 11) is 0. The summed E-state index contributed by atoms with van der Waals surface area (Å²) in [4.78, 5) is 27.3. The quantitative estimate of drug-likeness (QED) is 0.591. The molecule has 0 radical (unpaired) electrons. The van der Waals surface area contributed by atoms with Gasteiger partial charge in [0.15, 0.2) is 0 Å². The molecular weight excluding hydrogens is 316 g/mol. The Hall–Kier alpha value is -2.86. The number of nitrogens with one attached hydrogen (secondary N) is 3. The first-order chi connectivity index (χ1) is 12.1. The molecule has 2 amide bonds. The van der Waals surface area contributed by atoms with E-state index < -0.39 is 5.91 Å². The van der Waals surface area contributed by atoms with Gasteiger partial charge in [-0.2, -0.15) is 0 Å². The molecule has 0 saturated carbocycles. The van der Waals surface area contributed by atoms with Crippen LogP contribution in [0, 0.1) is 5.92 Å². The zero-order chi connectivity index (χ0) is 17.4. The average molecular weight is 336 g/mol. The molecule has 128 valence electrons. The van der Waals surface area contributed by atoms with Gasteiger partial charge in [0.25, 0.3) is 5.91 Å². The number of aromatic amines is 1. The van der Waals surface area contributed by atoms with E-state index in [-0.39, 0.29) is 11.8 Å². The second kappa shape index (κ2) is 6.22. The maximum atomic E-state index is 12.4. The molecule has 0 spiro atoms. The van der Waals surface area contributed by atoms with Crippen LogP contribution in [0.1, 0.15) is 23.2 Å². The number of amides is 2. The van der Waals surface area contributed by atoms with Crippen LogP contribution in [0.2, 0.25) is 0 Å². The van der Waals surface area contributed by atoms with Gasteiger partial charge in [-0.1, -0.05) is 18.2 Å². The van der Waals surface area contributed by atoms with Crippen LogP contribution in [0.25, 0.3) is 21.8 Å². The number of aromatic nitrogens is 1. The van der Waals surface area contributed by atoms with E-state index in [1.54, 1.807) is 6.07 Å². The van der Waals surface area contributed by atoms with Crippen LogP contribution in [-0.4, -0.2) is 29.9 Å². The lowest BCUT2D eigenvalue weighted by Crippen LogP contribution is -2.37. The molecule has 1 unspecified atom stereocenters. The van der Waals surface area contributed by atoms with Crippen molar-refractivity contribution in [2.75, 3.05) is 18.4 Å². The predicted octanol–water partition coefficient (Wildman–Crippen LogP) is 2.36. The van der Waals surface area contributed by atoms with E-state index >= 15 is 0 Å². The first kappa shape index (κ1) is 15.7. The number of para-hydroxylation sites is 1. The number of carbonyl (C=O) groups is 2. The van der Waals surface area contributed by atoms with Gasteiger partial charge in [0.2, 0.25) is 5.91 Å². The van der Waals surface area contributed by atoms with Crippen molar-refractivity contribution in [2.45, 2.75) is 12.8 Å². The second-order valence-corrected chi connectivity index (χ2v) is 6.51. The highest BCUT2D eigenvalue weighted by Crippen LogP contribution is 2.29. The molecule has 1 atom stereocenters. The largest absolute Gasteiger partial charge is 0.366 e. The molecule has 6 heteroatoms. The number of H-pyrrole nitrogens is 1. The van der Waals surface area contributed by atoms with Crippen LogP contribution < -0.4 is 16.4 Å². The Kier molecular flexibility index (Phi) is 3.89. The van der Waals surface area contributed by atoms with Gasteiger partial charge in [-0.25, -0.2) is 0 Å². The summed E-state index contributed by atoms with van der Waals surface area (Å²) in [5.41, 5.74) is 8.26. The van der Waals surface area contributed by atoms with Crippen LogP contribution in [0.5, 0.6) is 0 Å². The number of hydrogen-bond acceptors (Lipinski definition) is 3. The lowest BCUT2D eigenvalue weighted by Gasteiger charge is -2.21. The number of rotatable bonds is 3. The number of fused-ring (bicyclic) bond motifs is 3. The Labute approximate surface area is 144 Å². The van der Waals surface area contributed by atoms with Gasteiger partial charge >= 0.3 is 0 Å². The molecule has 2 heterocycles. The third-order valence-electron chi connectivity index (χ3n) is 4.83. The molecule has 1 saturated heterocycles. The monoisotopic (exact) mass is 336 g/mol. The summed E-state index contributed by atoms with van der Waals surface area (Å²) in [5, 5.41) is 8.19. The van der Waals surface area contributed by atoms with Crippen molar-refractivity contribution in [3.05, 3.63) is 42.0 Å². The maximum Gasteiger partial charge on any atom is 0.250 e. The number of nitrogens with two attached hydrogens (primary N) is 1. The van der Waals surface area contributed by atoms with Gasteiger partial charge in [0, 0.05) is 28.5 Å². The Morgan fingerprint density at radius 2 is 2.04 bits per heavy atom. The molecule has 1 aromatic heterocycles. The van der Waals surface area contributed by atoms with Crippen molar-refractivity contribution < 1.29 is 9.59 Å². The Balaban J connectivity index is 1.68. The SMILES string of the molecule is NC(=O)c1cccc2c1[nH]c1cc(NC(=O)C3CCCNC3)ccc12. The Morgan fingerprint density at radius 1 is 1.16 bits per heavy atom. The predicted molar refractivity (Wildman–Crippen MR) is 98.5 cm³/mol. The second-order valence-electron chi connectivity index (χ2n) is 6.51. The number of anilines is 1. The van der Waals surface area contributed by atoms with Gasteiger partial charge in [-0.05, 0) is 37.6 Å². The van der Waals surface area contributed by atoms with Crippen LogP contribution in [0.4, 0.5) is 5.69 Å². The number of piperidine rings is 1. The first-order valence-corrected chi connectivity index (χ1v) is 8.49. The molecule has 2 aromatic carbocycles. The van der Waals surface area contributed by atoms with Crippen molar-refractivity contribution in [3.63, 3.8) is 0 Å². The molecule has 4 rings (SSSR count). The highest BCUT2D eigenvalue weighted by Gasteiger charge is 2.21. The van der Waals surface area contributed by atoms with E-state index in [1.165, 1.54) is 0 Å². The minimum absolute atomic E-state index is 0.00799. The van der Waals surface area contributed by atoms with Crippen LogP contribution in [0.3, 0.4) is 0 Å². The molecule has 1 aliphatic rings. The summed E-state index contributed by atoms with van der Waals surface area (Å²) in [6.07, 6.45) is 1.93. The van der Waals surface area contributed by atoms with E-state index in [2.05, 4.69) is 15.6 Å². The number of benzene rings is 2. The molecule has 0 bridgehead atoms. The third-order valence-corrected chi connectivity index (χ3v) is 4.83. The van der Waals surface area contributed by atoms with E-state index in [4.69, 9.17) is 5.73 Å². The van der Waals surface area contributed by atoms with Crippen molar-refractivity contribution in [3.8, 4) is 0 Å². The standard InChI is InChI=1S/C19H20N4O2/c20-18(24)15-5-1-4-14-13-7-6-12(9-16(13)23-17(14)15)22-19(25)11-3-2-8-21-10-11/h1,4-7,9,11,21,23H,2-3,8,10H2,(H2,20,24)(H,22,25). The zero-order valence-corrected chi connectivity index (χ0v) is 13.8. The van der Waals surface area contributed by atoms with Gasteiger partial charge < -0.3 is 21.4 Å². The number of primary amides is 1. The normalized spacial score (nSPS) is 17.7. The topological polar surface area (TPSA) is 100 Å². The smallest absolute Gasteiger partial charge is 0.250 e. The minimum atomic E-state index is -0.463. The molecular formula is C19H20N4O2. The summed E-state index contributed by atoms with van der Waals surface area (Å²) in [6.45, 7) is 1.70. The fourth-order valence-corrected chi connectivity index (χ4v) is 3.53. The van der Waals surface area contributed by atoms with Gasteiger partial charge in [0.1, 0.15) is 0 Å². The van der Waals surface area contributed by atoms with Crippen LogP contribution >= 0.6 is 0 Å². The number of carbonyl (C=O) groups excluding carboxylic acids is 2. The molecule has 3 aromatic rings. The van der Waals surface area contributed by atoms with Crippen molar-refractivity contribution in [2.24, 2.45) is 11.7 Å². The molecule has 5 N–H and O–H groups in total. The fraction of sp³-hybridized carbons (Fsp3) is 0.263. The number of hydrogen-bond donors (Lipinski definition) is 4. The van der Waals surface area contributed by atoms with Crippen LogP contribution in [-0.2, 0) is 4.79 Å². The zero-order valence-electron chi connectivity index (χ0n) is 13.8. The fourth-order valence-electron chi connectivity index (χ4n) is 3.53. The Bertz CT molecular complexity index is 970. The minimum Gasteiger partial charge on any atom is -0.366 e. The van der Waals surface area contributed by atoms with Gasteiger partial charge in [0.05, 0.1) is 17.0 Å². The lowest BCUT2D eigenvalue weighted by molar-refractivity contribution is -0.120. The molecule has 1 aliphatic heterocycles. The summed E-state index contributed by atoms with van der Waals surface area (Å²) in [5.74, 6) is -0.412. The average Bonchev–Trinajstić information content (AvgIpc) is 3.00. The van der Waals surface area contributed by atoms with Crippen LogP contribution in [0.15, 0.2) is 36.4 Å². The van der Waals surface area contributed by atoms with E-state index in [0.717, 1.165) is 53.4 Å². The highest BCUT2D eigenvalue weighted by molar-refractivity contribution is 6.15. The summed E-state index contributed by atoms with van der Waals surface area (Å²) in [6, 6.07) is 11.2.